The molecule has 0 N–H and O–H groups in total. The fourth-order valence-electron chi connectivity index (χ4n) is 4.26. The topological polar surface area (TPSA) is 92.5 Å². The Morgan fingerprint density at radius 3 is 2.76 bits per heavy atom. The van der Waals surface area contributed by atoms with Crippen LogP contribution in [0.1, 0.15) is 18.4 Å². The van der Waals surface area contributed by atoms with Crippen molar-refractivity contribution < 1.29 is 4.39 Å². The lowest BCUT2D eigenvalue weighted by Gasteiger charge is -2.08. The summed E-state index contributed by atoms with van der Waals surface area (Å²) in [5.41, 5.74) is 0.910. The molecular formula is C22H20FN7O2S. The number of hydrogen-bond donors (Lipinski definition) is 0. The lowest BCUT2D eigenvalue weighted by atomic mass is 10.1. The molecule has 1 aliphatic carbocycles. The molecule has 4 aromatic heterocycles. The Morgan fingerprint density at radius 2 is 2.03 bits per heavy atom. The van der Waals surface area contributed by atoms with Crippen molar-refractivity contribution in [2.24, 2.45) is 20.0 Å². The normalized spacial score (nSPS) is 14.0. The zero-order valence-electron chi connectivity index (χ0n) is 18.0. The Balaban J connectivity index is 1.64. The van der Waals surface area contributed by atoms with Crippen LogP contribution in [0.3, 0.4) is 0 Å². The van der Waals surface area contributed by atoms with E-state index in [-0.39, 0.29) is 11.5 Å². The van der Waals surface area contributed by atoms with E-state index in [0.717, 1.165) is 33.1 Å². The van der Waals surface area contributed by atoms with Gasteiger partial charge in [0.2, 0.25) is 0 Å². The van der Waals surface area contributed by atoms with E-state index in [4.69, 9.17) is 5.10 Å². The van der Waals surface area contributed by atoms with Crippen LogP contribution in [-0.4, -0.2) is 33.7 Å². The van der Waals surface area contributed by atoms with E-state index in [1.54, 1.807) is 33.3 Å². The van der Waals surface area contributed by atoms with E-state index in [1.807, 2.05) is 5.38 Å². The number of rotatable bonds is 5. The van der Waals surface area contributed by atoms with Crippen LogP contribution in [0.2, 0.25) is 0 Å². The van der Waals surface area contributed by atoms with Crippen LogP contribution < -0.4 is 11.2 Å². The summed E-state index contributed by atoms with van der Waals surface area (Å²) in [5, 5.41) is 16.1. The van der Waals surface area contributed by atoms with Crippen molar-refractivity contribution in [1.82, 2.24) is 33.7 Å². The van der Waals surface area contributed by atoms with Gasteiger partial charge in [0, 0.05) is 30.7 Å². The van der Waals surface area contributed by atoms with E-state index in [2.05, 4.69) is 10.2 Å². The second-order valence-electron chi connectivity index (χ2n) is 8.57. The third-order valence-electron chi connectivity index (χ3n) is 6.22. The molecule has 168 valence electrons. The number of benzene rings is 1. The molecule has 0 amide bonds. The van der Waals surface area contributed by atoms with Gasteiger partial charge in [0.1, 0.15) is 23.2 Å². The summed E-state index contributed by atoms with van der Waals surface area (Å²) in [6.07, 6.45) is 3.67. The molecule has 33 heavy (non-hydrogen) atoms. The maximum Gasteiger partial charge on any atom is 0.332 e. The Morgan fingerprint density at radius 1 is 1.21 bits per heavy atom. The summed E-state index contributed by atoms with van der Waals surface area (Å²) in [7, 11) is 3.28. The molecule has 1 aromatic carbocycles. The summed E-state index contributed by atoms with van der Waals surface area (Å²) in [6.45, 7) is 0.812. The fourth-order valence-corrected chi connectivity index (χ4v) is 5.20. The molecule has 1 saturated carbocycles. The molecule has 0 atom stereocenters. The lowest BCUT2D eigenvalue weighted by Crippen LogP contribution is -2.38. The predicted molar refractivity (Wildman–Crippen MR) is 123 cm³/mol. The van der Waals surface area contributed by atoms with E-state index >= 15 is 0 Å². The maximum atomic E-state index is 14.0. The molecule has 0 saturated heterocycles. The lowest BCUT2D eigenvalue weighted by molar-refractivity contribution is 0.572. The molecule has 1 aliphatic rings. The van der Waals surface area contributed by atoms with Crippen LogP contribution in [0, 0.1) is 11.7 Å². The molecule has 0 bridgehead atoms. The molecule has 5 aromatic rings. The molecule has 4 heterocycles. The Kier molecular flexibility index (Phi) is 4.37. The molecule has 1 fully saturated rings. The standard InChI is InChI=1S/C22H20FN7O2S/c1-27-11-24-25-20(27)18-17-19(29(8-12-3-4-12)22(32)28(2)21(17)31)26-30(18)9-13-10-33-16-6-5-14(23)7-15(13)16/h5-7,10-12H,3-4,8-9H2,1-2H3. The number of nitrogens with zero attached hydrogens (tertiary/aromatic N) is 7. The van der Waals surface area contributed by atoms with Gasteiger partial charge in [-0.2, -0.15) is 5.10 Å². The molecule has 9 nitrogen and oxygen atoms in total. The minimum absolute atomic E-state index is 0.293. The van der Waals surface area contributed by atoms with E-state index < -0.39 is 5.56 Å². The highest BCUT2D eigenvalue weighted by Crippen LogP contribution is 2.33. The van der Waals surface area contributed by atoms with Gasteiger partial charge in [-0.15, -0.1) is 21.5 Å². The zero-order valence-corrected chi connectivity index (χ0v) is 18.8. The molecule has 0 unspecified atom stereocenters. The van der Waals surface area contributed by atoms with Crippen LogP contribution in [0.15, 0.2) is 39.5 Å². The van der Waals surface area contributed by atoms with Gasteiger partial charge in [0.05, 0.1) is 6.54 Å². The minimum Gasteiger partial charge on any atom is -0.315 e. The molecule has 6 rings (SSSR count). The van der Waals surface area contributed by atoms with E-state index in [1.165, 1.54) is 30.5 Å². The molecule has 11 heteroatoms. The fraction of sp³-hybridized carbons (Fsp3) is 0.318. The van der Waals surface area contributed by atoms with E-state index in [0.29, 0.717) is 41.6 Å². The summed E-state index contributed by atoms with van der Waals surface area (Å²) < 4.78 is 21.0. The number of aromatic nitrogens is 7. The monoisotopic (exact) mass is 465 g/mol. The molecule has 0 aliphatic heterocycles. The molecular weight excluding hydrogens is 445 g/mol. The SMILES string of the molecule is Cn1cnnc1-c1c2c(=O)n(C)c(=O)n(CC3CC3)c2nn1Cc1csc2ccc(F)cc12. The largest absolute Gasteiger partial charge is 0.332 e. The number of halogens is 1. The van der Waals surface area contributed by atoms with Crippen molar-refractivity contribution in [2.45, 2.75) is 25.9 Å². The average Bonchev–Trinajstić information content (AvgIpc) is 3.21. The van der Waals surface area contributed by atoms with Gasteiger partial charge in [0.15, 0.2) is 11.5 Å². The summed E-state index contributed by atoms with van der Waals surface area (Å²) in [4.78, 5) is 26.3. The van der Waals surface area contributed by atoms with Crippen LogP contribution in [0.25, 0.3) is 32.6 Å². The number of fused-ring (bicyclic) bond motifs is 2. The van der Waals surface area contributed by atoms with Gasteiger partial charge in [0.25, 0.3) is 5.56 Å². The van der Waals surface area contributed by atoms with Crippen molar-refractivity contribution in [3.8, 4) is 11.5 Å². The quantitative estimate of drug-likeness (QED) is 0.398. The number of thiophene rings is 1. The zero-order chi connectivity index (χ0) is 22.9. The van der Waals surface area contributed by atoms with Crippen molar-refractivity contribution in [3.63, 3.8) is 0 Å². The second kappa shape index (κ2) is 7.20. The minimum atomic E-state index is -0.424. The first-order chi connectivity index (χ1) is 15.9. The van der Waals surface area contributed by atoms with Gasteiger partial charge in [-0.05, 0) is 47.9 Å². The van der Waals surface area contributed by atoms with Gasteiger partial charge >= 0.3 is 5.69 Å². The van der Waals surface area contributed by atoms with Crippen molar-refractivity contribution in [3.05, 3.63) is 62.1 Å². The number of aryl methyl sites for hydroxylation is 1. The van der Waals surface area contributed by atoms with Crippen molar-refractivity contribution in [1.29, 1.82) is 0 Å². The molecule has 0 spiro atoms. The highest BCUT2D eigenvalue weighted by Gasteiger charge is 2.28. The van der Waals surface area contributed by atoms with E-state index in [9.17, 15) is 14.0 Å². The third-order valence-corrected chi connectivity index (χ3v) is 7.23. The van der Waals surface area contributed by atoms with Crippen molar-refractivity contribution in [2.75, 3.05) is 0 Å². The average molecular weight is 466 g/mol. The van der Waals surface area contributed by atoms with Crippen LogP contribution in [0.5, 0.6) is 0 Å². The molecule has 0 radical (unpaired) electrons. The second-order valence-corrected chi connectivity index (χ2v) is 9.48. The highest BCUT2D eigenvalue weighted by atomic mass is 32.1. The summed E-state index contributed by atoms with van der Waals surface area (Å²) >= 11 is 1.52. The first kappa shape index (κ1) is 20.0. The maximum absolute atomic E-state index is 14.0. The first-order valence-electron chi connectivity index (χ1n) is 10.6. The predicted octanol–water partition coefficient (Wildman–Crippen LogP) is 2.50. The summed E-state index contributed by atoms with van der Waals surface area (Å²) in [5.74, 6) is 0.570. The van der Waals surface area contributed by atoms with Gasteiger partial charge in [-0.25, -0.2) is 9.18 Å². The van der Waals surface area contributed by atoms with Gasteiger partial charge < -0.3 is 4.57 Å². The Bertz CT molecular complexity index is 1670. The third kappa shape index (κ3) is 3.14. The van der Waals surface area contributed by atoms with Crippen LogP contribution >= 0.6 is 11.3 Å². The van der Waals surface area contributed by atoms with Gasteiger partial charge in [-0.3, -0.25) is 18.6 Å². The first-order valence-corrected chi connectivity index (χ1v) is 11.5. The Hall–Kier alpha value is -3.60. The van der Waals surface area contributed by atoms with Crippen LogP contribution in [-0.2, 0) is 27.2 Å². The Labute approximate surface area is 190 Å². The van der Waals surface area contributed by atoms with Gasteiger partial charge in [-0.1, -0.05) is 0 Å². The van der Waals surface area contributed by atoms with Crippen molar-refractivity contribution >= 4 is 32.5 Å². The number of hydrogen-bond acceptors (Lipinski definition) is 6. The smallest absolute Gasteiger partial charge is 0.315 e. The summed E-state index contributed by atoms with van der Waals surface area (Å²) in [6, 6.07) is 4.70. The van der Waals surface area contributed by atoms with Crippen LogP contribution in [0.4, 0.5) is 4.39 Å². The highest BCUT2D eigenvalue weighted by molar-refractivity contribution is 7.17.